The van der Waals surface area contributed by atoms with Gasteiger partial charge in [-0.15, -0.1) is 0 Å². The first-order valence-electron chi connectivity index (χ1n) is 11.8. The molecule has 0 aliphatic carbocycles. The number of methoxy groups -OCH3 is 1. The van der Waals surface area contributed by atoms with Crippen molar-refractivity contribution in [2.45, 2.75) is 38.0 Å². The zero-order valence-electron chi connectivity index (χ0n) is 21.4. The topological polar surface area (TPSA) is 107 Å². The lowest BCUT2D eigenvalue weighted by Crippen LogP contribution is -2.14. The molecule has 3 aromatic carbocycles. The zero-order valence-corrected chi connectivity index (χ0v) is 22.2. The fourth-order valence-corrected chi connectivity index (χ4v) is 4.98. The van der Waals surface area contributed by atoms with Crippen LogP contribution in [0.3, 0.4) is 0 Å². The number of carbonyl (C=O) groups excluding carboxylic acids is 1. The molecule has 1 heterocycles. The average Bonchev–Trinajstić information content (AvgIpc) is 3.20. The van der Waals surface area contributed by atoms with Gasteiger partial charge in [-0.05, 0) is 65.9 Å². The van der Waals surface area contributed by atoms with E-state index in [0.717, 1.165) is 11.1 Å². The highest BCUT2D eigenvalue weighted by atomic mass is 32.2. The van der Waals surface area contributed by atoms with Gasteiger partial charge in [-0.2, -0.15) is 0 Å². The van der Waals surface area contributed by atoms with Crippen LogP contribution in [0.15, 0.2) is 71.6 Å². The Hall–Kier alpha value is -3.98. The SMILES string of the molecule is CCOC(=O)Oc1[nH]c2ccc(NS(=O)(=O)c3ccc(C(C)(C)C)cc3)cc2c1-c1ccc(OC)cc1. The highest BCUT2D eigenvalue weighted by molar-refractivity contribution is 7.92. The maximum absolute atomic E-state index is 13.1. The number of aromatic amines is 1. The van der Waals surface area contributed by atoms with E-state index in [-0.39, 0.29) is 22.8 Å². The lowest BCUT2D eigenvalue weighted by molar-refractivity contribution is 0.103. The molecule has 0 saturated carbocycles. The third-order valence-corrected chi connectivity index (χ3v) is 7.27. The van der Waals surface area contributed by atoms with Gasteiger partial charge in [0, 0.05) is 16.6 Å². The molecule has 0 aliphatic rings. The van der Waals surface area contributed by atoms with Gasteiger partial charge in [0.05, 0.1) is 24.2 Å². The first-order valence-corrected chi connectivity index (χ1v) is 13.3. The molecule has 8 nitrogen and oxygen atoms in total. The predicted molar refractivity (Wildman–Crippen MR) is 144 cm³/mol. The molecule has 0 saturated heterocycles. The Morgan fingerprint density at radius 3 is 2.24 bits per heavy atom. The minimum absolute atomic E-state index is 0.0871. The second-order valence-electron chi connectivity index (χ2n) is 9.48. The van der Waals surface area contributed by atoms with Gasteiger partial charge in [0.1, 0.15) is 5.75 Å². The Bertz CT molecular complexity index is 1520. The molecule has 0 unspecified atom stereocenters. The number of carbonyl (C=O) groups is 1. The zero-order chi connectivity index (χ0) is 26.8. The number of fused-ring (bicyclic) bond motifs is 1. The van der Waals surface area contributed by atoms with Crippen molar-refractivity contribution >= 4 is 32.8 Å². The summed E-state index contributed by atoms with van der Waals surface area (Å²) in [6.07, 6.45) is -0.844. The molecule has 4 aromatic rings. The van der Waals surface area contributed by atoms with Crippen LogP contribution in [-0.4, -0.2) is 33.3 Å². The van der Waals surface area contributed by atoms with E-state index in [0.29, 0.717) is 27.9 Å². The fourth-order valence-electron chi connectivity index (χ4n) is 3.93. The molecule has 0 radical (unpaired) electrons. The summed E-state index contributed by atoms with van der Waals surface area (Å²) in [5, 5.41) is 0.660. The molecule has 4 rings (SSSR count). The monoisotopic (exact) mass is 522 g/mol. The van der Waals surface area contributed by atoms with Gasteiger partial charge in [-0.3, -0.25) is 4.72 Å². The minimum Gasteiger partial charge on any atom is -0.497 e. The maximum Gasteiger partial charge on any atom is 0.515 e. The Morgan fingerprint density at radius 1 is 0.973 bits per heavy atom. The number of aromatic nitrogens is 1. The Labute approximate surface area is 216 Å². The predicted octanol–water partition coefficient (Wildman–Crippen LogP) is 6.48. The van der Waals surface area contributed by atoms with Crippen LogP contribution < -0.4 is 14.2 Å². The number of ether oxygens (including phenoxy) is 3. The highest BCUT2D eigenvalue weighted by Gasteiger charge is 2.21. The largest absolute Gasteiger partial charge is 0.515 e. The third-order valence-electron chi connectivity index (χ3n) is 5.87. The van der Waals surface area contributed by atoms with E-state index in [1.54, 1.807) is 56.5 Å². The van der Waals surface area contributed by atoms with Crippen molar-refractivity contribution in [2.75, 3.05) is 18.4 Å². The number of sulfonamides is 1. The molecular weight excluding hydrogens is 492 g/mol. The summed E-state index contributed by atoms with van der Waals surface area (Å²) in [6, 6.07) is 19.1. The number of hydrogen-bond acceptors (Lipinski definition) is 6. The van der Waals surface area contributed by atoms with E-state index in [1.807, 2.05) is 24.3 Å². The van der Waals surface area contributed by atoms with Crippen molar-refractivity contribution in [3.05, 3.63) is 72.3 Å². The quantitative estimate of drug-likeness (QED) is 0.269. The Balaban J connectivity index is 1.74. The molecule has 0 atom stereocenters. The third kappa shape index (κ3) is 5.72. The summed E-state index contributed by atoms with van der Waals surface area (Å²) < 4.78 is 44.6. The van der Waals surface area contributed by atoms with Crippen LogP contribution in [-0.2, 0) is 20.2 Å². The van der Waals surface area contributed by atoms with Crippen LogP contribution >= 0.6 is 0 Å². The van der Waals surface area contributed by atoms with E-state index in [9.17, 15) is 13.2 Å². The van der Waals surface area contributed by atoms with Gasteiger partial charge in [-0.1, -0.05) is 45.0 Å². The normalized spacial score (nSPS) is 11.8. The summed E-state index contributed by atoms with van der Waals surface area (Å²) in [6.45, 7) is 8.06. The molecule has 194 valence electrons. The lowest BCUT2D eigenvalue weighted by atomic mass is 9.87. The number of anilines is 1. The molecule has 0 bridgehead atoms. The second-order valence-corrected chi connectivity index (χ2v) is 11.2. The van der Waals surface area contributed by atoms with Crippen molar-refractivity contribution in [3.8, 4) is 22.8 Å². The van der Waals surface area contributed by atoms with Gasteiger partial charge >= 0.3 is 6.16 Å². The first kappa shape index (κ1) is 26.1. The van der Waals surface area contributed by atoms with E-state index in [2.05, 4.69) is 30.5 Å². The standard InChI is InChI=1S/C28H30N2O6S/c1-6-35-27(31)36-26-25(18-7-12-21(34-5)13-8-18)23-17-20(11-16-24(23)29-26)30-37(32,33)22-14-9-19(10-15-22)28(2,3)4/h7-17,29-30H,6H2,1-5H3. The van der Waals surface area contributed by atoms with Crippen LogP contribution in [0.25, 0.3) is 22.0 Å². The van der Waals surface area contributed by atoms with Crippen molar-refractivity contribution in [3.63, 3.8) is 0 Å². The van der Waals surface area contributed by atoms with Gasteiger partial charge in [0.25, 0.3) is 10.0 Å². The van der Waals surface area contributed by atoms with Crippen LogP contribution in [0.2, 0.25) is 0 Å². The number of rotatable bonds is 7. The number of benzene rings is 3. The van der Waals surface area contributed by atoms with E-state index < -0.39 is 16.2 Å². The highest BCUT2D eigenvalue weighted by Crippen LogP contribution is 2.39. The number of hydrogen-bond donors (Lipinski definition) is 2. The van der Waals surface area contributed by atoms with Crippen LogP contribution in [0.5, 0.6) is 11.6 Å². The van der Waals surface area contributed by atoms with Crippen molar-refractivity contribution < 1.29 is 27.4 Å². The lowest BCUT2D eigenvalue weighted by Gasteiger charge is -2.19. The molecule has 9 heteroatoms. The first-order chi connectivity index (χ1) is 17.5. The summed E-state index contributed by atoms with van der Waals surface area (Å²) in [5.74, 6) is 0.860. The van der Waals surface area contributed by atoms with Crippen LogP contribution in [0.4, 0.5) is 10.5 Å². The molecule has 0 aliphatic heterocycles. The fraction of sp³-hybridized carbons (Fsp3) is 0.250. The molecule has 2 N–H and O–H groups in total. The molecule has 0 spiro atoms. The van der Waals surface area contributed by atoms with Crippen LogP contribution in [0.1, 0.15) is 33.3 Å². The summed E-state index contributed by atoms with van der Waals surface area (Å²) in [5.41, 5.74) is 3.30. The Kier molecular flexibility index (Phi) is 7.18. The maximum atomic E-state index is 13.1. The average molecular weight is 523 g/mol. The van der Waals surface area contributed by atoms with Gasteiger partial charge in [0.2, 0.25) is 5.88 Å². The van der Waals surface area contributed by atoms with E-state index >= 15 is 0 Å². The van der Waals surface area contributed by atoms with Gasteiger partial charge in [-0.25, -0.2) is 13.2 Å². The number of nitrogens with one attached hydrogen (secondary N) is 2. The van der Waals surface area contributed by atoms with E-state index in [4.69, 9.17) is 14.2 Å². The van der Waals surface area contributed by atoms with Crippen LogP contribution in [0, 0.1) is 0 Å². The van der Waals surface area contributed by atoms with Gasteiger partial charge < -0.3 is 19.2 Å². The minimum atomic E-state index is -3.83. The smallest absolute Gasteiger partial charge is 0.497 e. The van der Waals surface area contributed by atoms with Crippen molar-refractivity contribution in [1.29, 1.82) is 0 Å². The molecule has 37 heavy (non-hydrogen) atoms. The van der Waals surface area contributed by atoms with Gasteiger partial charge in [0.15, 0.2) is 0 Å². The molecule has 1 aromatic heterocycles. The van der Waals surface area contributed by atoms with E-state index in [1.165, 1.54) is 0 Å². The Morgan fingerprint density at radius 2 is 1.65 bits per heavy atom. The molecular formula is C28H30N2O6S. The molecule has 0 amide bonds. The second kappa shape index (κ2) is 10.2. The van der Waals surface area contributed by atoms with Crippen molar-refractivity contribution in [2.24, 2.45) is 0 Å². The van der Waals surface area contributed by atoms with Crippen molar-refractivity contribution in [1.82, 2.24) is 4.98 Å². The number of H-pyrrole nitrogens is 1. The molecule has 0 fully saturated rings. The summed E-state index contributed by atoms with van der Waals surface area (Å²) >= 11 is 0. The summed E-state index contributed by atoms with van der Waals surface area (Å²) in [4.78, 5) is 15.3. The summed E-state index contributed by atoms with van der Waals surface area (Å²) in [7, 11) is -2.26.